The molecule has 39 heavy (non-hydrogen) atoms. The van der Waals surface area contributed by atoms with Crippen LogP contribution in [0.15, 0.2) is 45.8 Å². The van der Waals surface area contributed by atoms with Crippen LogP contribution >= 0.6 is 0 Å². The van der Waals surface area contributed by atoms with Gasteiger partial charge in [0.25, 0.3) is 0 Å². The number of rotatable bonds is 3. The molecule has 3 aliphatic carbocycles. The molecule has 10 heteroatoms. The van der Waals surface area contributed by atoms with Crippen LogP contribution in [0.1, 0.15) is 65.5 Å². The quantitative estimate of drug-likeness (QED) is 0.432. The van der Waals surface area contributed by atoms with Gasteiger partial charge in [0.2, 0.25) is 5.79 Å². The summed E-state index contributed by atoms with van der Waals surface area (Å²) in [4.78, 5) is 38.3. The number of fused-ring (bicyclic) bond motifs is 2. The largest absolute Gasteiger partial charge is 0.472 e. The number of aliphatic hydroxyl groups is 2. The summed E-state index contributed by atoms with van der Waals surface area (Å²) in [5, 5.41) is 24.9. The van der Waals surface area contributed by atoms with E-state index in [0.717, 1.165) is 5.57 Å². The lowest BCUT2D eigenvalue weighted by molar-refractivity contribution is -0.368. The molecule has 1 saturated heterocycles. The number of furan rings is 1. The average Bonchev–Trinajstić information content (AvgIpc) is 3.46. The molecular formula is C29H34O10. The molecule has 4 bridgehead atoms. The SMILES string of the molecule is COC(=O)C1OC2(O)C3(O)CC4=C(CCC5(C)C4=CC(=O)OC5c4ccoc4)C2(C)C1C(C)(C)C3OC(C)=O. The van der Waals surface area contributed by atoms with E-state index in [1.54, 1.807) is 19.3 Å². The lowest BCUT2D eigenvalue weighted by Gasteiger charge is -2.66. The molecule has 2 N–H and O–H groups in total. The first kappa shape index (κ1) is 26.3. The number of hydrogen-bond donors (Lipinski definition) is 2. The van der Waals surface area contributed by atoms with Crippen molar-refractivity contribution in [2.24, 2.45) is 22.2 Å². The van der Waals surface area contributed by atoms with Gasteiger partial charge in [0.15, 0.2) is 11.7 Å². The van der Waals surface area contributed by atoms with E-state index >= 15 is 0 Å². The highest BCUT2D eigenvalue weighted by Gasteiger charge is 2.85. The third-order valence-electron chi connectivity index (χ3n) is 10.3. The fraction of sp³-hybridized carbons (Fsp3) is 0.621. The Morgan fingerprint density at radius 2 is 1.87 bits per heavy atom. The van der Waals surface area contributed by atoms with Gasteiger partial charge in [-0.3, -0.25) is 4.79 Å². The Balaban J connectivity index is 1.61. The van der Waals surface area contributed by atoms with E-state index in [2.05, 4.69) is 0 Å². The van der Waals surface area contributed by atoms with Gasteiger partial charge in [-0.25, -0.2) is 9.59 Å². The zero-order valence-corrected chi connectivity index (χ0v) is 22.9. The van der Waals surface area contributed by atoms with E-state index in [-0.39, 0.29) is 6.42 Å². The number of carbonyl (C=O) groups is 3. The summed E-state index contributed by atoms with van der Waals surface area (Å²) in [7, 11) is 1.24. The summed E-state index contributed by atoms with van der Waals surface area (Å²) in [5.41, 5.74) is -2.20. The van der Waals surface area contributed by atoms with Crippen LogP contribution in [-0.4, -0.2) is 58.8 Å². The summed E-state index contributed by atoms with van der Waals surface area (Å²) in [6.07, 6.45) is 2.34. The second-order valence-corrected chi connectivity index (χ2v) is 12.6. The summed E-state index contributed by atoms with van der Waals surface area (Å²) in [5.74, 6) is -4.87. The van der Waals surface area contributed by atoms with Gasteiger partial charge < -0.3 is 33.6 Å². The summed E-state index contributed by atoms with van der Waals surface area (Å²) in [6.45, 7) is 8.66. The highest BCUT2D eigenvalue weighted by atomic mass is 16.7. The van der Waals surface area contributed by atoms with Crippen LogP contribution in [0.25, 0.3) is 0 Å². The number of hydrogen-bond acceptors (Lipinski definition) is 10. The van der Waals surface area contributed by atoms with Gasteiger partial charge >= 0.3 is 17.9 Å². The van der Waals surface area contributed by atoms with Crippen LogP contribution < -0.4 is 0 Å². The third-order valence-corrected chi connectivity index (χ3v) is 10.3. The predicted octanol–water partition coefficient (Wildman–Crippen LogP) is 2.89. The Hall–Kier alpha value is -2.95. The first-order chi connectivity index (χ1) is 18.2. The van der Waals surface area contributed by atoms with Crippen LogP contribution in [-0.2, 0) is 33.3 Å². The maximum Gasteiger partial charge on any atom is 0.335 e. The van der Waals surface area contributed by atoms with Gasteiger partial charge in [0.1, 0.15) is 12.2 Å². The van der Waals surface area contributed by atoms with E-state index < -0.39 is 69.8 Å². The van der Waals surface area contributed by atoms with Crippen molar-refractivity contribution in [3.05, 3.63) is 47.0 Å². The summed E-state index contributed by atoms with van der Waals surface area (Å²) in [6, 6.07) is 1.76. The van der Waals surface area contributed by atoms with Gasteiger partial charge in [0.05, 0.1) is 25.1 Å². The number of cyclic esters (lactones) is 1. The minimum atomic E-state index is -2.27. The Labute approximate surface area is 225 Å². The lowest BCUT2D eigenvalue weighted by atomic mass is 9.41. The molecule has 210 valence electrons. The van der Waals surface area contributed by atoms with Gasteiger partial charge in [0, 0.05) is 41.7 Å². The van der Waals surface area contributed by atoms with Crippen LogP contribution in [0.3, 0.4) is 0 Å². The van der Waals surface area contributed by atoms with Crippen LogP contribution in [0, 0.1) is 22.2 Å². The molecule has 8 unspecified atom stereocenters. The fourth-order valence-corrected chi connectivity index (χ4v) is 8.85. The molecule has 1 aromatic heterocycles. The minimum absolute atomic E-state index is 0.163. The summed E-state index contributed by atoms with van der Waals surface area (Å²) >= 11 is 0. The molecule has 0 amide bonds. The molecule has 2 aliphatic heterocycles. The normalized spacial score (nSPS) is 43.6. The van der Waals surface area contributed by atoms with Gasteiger partial charge in [-0.15, -0.1) is 0 Å². The van der Waals surface area contributed by atoms with Crippen molar-refractivity contribution in [1.29, 1.82) is 0 Å². The van der Waals surface area contributed by atoms with Crippen molar-refractivity contribution in [1.82, 2.24) is 0 Å². The summed E-state index contributed by atoms with van der Waals surface area (Å²) < 4.78 is 28.1. The molecule has 8 atom stereocenters. The van der Waals surface area contributed by atoms with Gasteiger partial charge in [-0.2, -0.15) is 0 Å². The highest BCUT2D eigenvalue weighted by Crippen LogP contribution is 2.75. The van der Waals surface area contributed by atoms with E-state index in [0.29, 0.717) is 29.6 Å². The number of methoxy groups -OCH3 is 1. The Morgan fingerprint density at radius 1 is 1.15 bits per heavy atom. The molecule has 2 fully saturated rings. The lowest BCUT2D eigenvalue weighted by Crippen LogP contribution is -2.78. The molecular weight excluding hydrogens is 508 g/mol. The van der Waals surface area contributed by atoms with Crippen molar-refractivity contribution in [2.45, 2.75) is 83.6 Å². The molecule has 5 aliphatic rings. The van der Waals surface area contributed by atoms with Crippen LogP contribution in [0.5, 0.6) is 0 Å². The minimum Gasteiger partial charge on any atom is -0.472 e. The second kappa shape index (κ2) is 7.83. The second-order valence-electron chi connectivity index (χ2n) is 12.6. The maximum atomic E-state index is 13.1. The topological polar surface area (TPSA) is 142 Å². The average molecular weight is 543 g/mol. The van der Waals surface area contributed by atoms with Crippen LogP contribution in [0.2, 0.25) is 0 Å². The fourth-order valence-electron chi connectivity index (χ4n) is 8.85. The highest BCUT2D eigenvalue weighted by molar-refractivity contribution is 5.86. The first-order valence-electron chi connectivity index (χ1n) is 13.2. The van der Waals surface area contributed by atoms with E-state index in [1.807, 2.05) is 20.8 Å². The molecule has 0 radical (unpaired) electrons. The monoisotopic (exact) mass is 542 g/mol. The molecule has 6 rings (SSSR count). The standard InChI is InChI=1S/C29H34O10/c1-14(30)37-24-25(2,3)21-20(23(32)35-6)39-29(34)27(21,5)17-7-9-26(4)18(16(17)12-28(24,29)33)11-19(31)38-22(26)15-8-10-36-13-15/h8,10-11,13,20-22,24,33-34H,7,9,12H2,1-6H3. The first-order valence-corrected chi connectivity index (χ1v) is 13.2. The number of esters is 3. The van der Waals surface area contributed by atoms with E-state index in [9.17, 15) is 24.6 Å². The van der Waals surface area contributed by atoms with Crippen molar-refractivity contribution in [3.8, 4) is 0 Å². The number of carbonyl (C=O) groups excluding carboxylic acids is 3. The smallest absolute Gasteiger partial charge is 0.335 e. The molecule has 3 heterocycles. The van der Waals surface area contributed by atoms with Crippen molar-refractivity contribution < 1.29 is 48.0 Å². The van der Waals surface area contributed by atoms with E-state index in [1.165, 1.54) is 26.4 Å². The Morgan fingerprint density at radius 3 is 2.49 bits per heavy atom. The van der Waals surface area contributed by atoms with Crippen molar-refractivity contribution in [2.75, 3.05) is 7.11 Å². The molecule has 10 nitrogen and oxygen atoms in total. The predicted molar refractivity (Wildman–Crippen MR) is 132 cm³/mol. The molecule has 0 aromatic carbocycles. The molecule has 1 aromatic rings. The number of ether oxygens (including phenoxy) is 4. The molecule has 1 saturated carbocycles. The van der Waals surface area contributed by atoms with Crippen LogP contribution in [0.4, 0.5) is 0 Å². The van der Waals surface area contributed by atoms with Gasteiger partial charge in [-0.1, -0.05) is 33.3 Å². The maximum absolute atomic E-state index is 13.1. The van der Waals surface area contributed by atoms with Crippen molar-refractivity contribution >= 4 is 17.9 Å². The van der Waals surface area contributed by atoms with Gasteiger partial charge in [-0.05, 0) is 30.1 Å². The third kappa shape index (κ3) is 2.94. The van der Waals surface area contributed by atoms with Crippen molar-refractivity contribution in [3.63, 3.8) is 0 Å². The molecule has 0 spiro atoms. The Kier molecular flexibility index (Phi) is 5.28. The zero-order chi connectivity index (χ0) is 28.3. The zero-order valence-electron chi connectivity index (χ0n) is 22.9. The Bertz CT molecular complexity index is 1340. The van der Waals surface area contributed by atoms with E-state index in [4.69, 9.17) is 23.4 Å².